The van der Waals surface area contributed by atoms with E-state index >= 15 is 0 Å². The van der Waals surface area contributed by atoms with Crippen molar-refractivity contribution >= 4 is 16.7 Å². The predicted molar refractivity (Wildman–Crippen MR) is 116 cm³/mol. The number of benzene rings is 2. The monoisotopic (exact) mass is 419 g/mol. The zero-order chi connectivity index (χ0) is 21.4. The average Bonchev–Trinajstić information content (AvgIpc) is 3.16. The summed E-state index contributed by atoms with van der Waals surface area (Å²) in [6.07, 6.45) is 2.88. The van der Waals surface area contributed by atoms with Crippen LogP contribution in [0.4, 0.5) is 0 Å². The van der Waals surface area contributed by atoms with Crippen LogP contribution in [-0.4, -0.2) is 40.3 Å². The van der Waals surface area contributed by atoms with Gasteiger partial charge in [0, 0.05) is 25.4 Å². The zero-order valence-electron chi connectivity index (χ0n) is 17.5. The molecule has 1 saturated heterocycles. The Labute approximate surface area is 180 Å². The van der Waals surface area contributed by atoms with E-state index in [1.165, 1.54) is 4.68 Å². The lowest BCUT2D eigenvalue weighted by Crippen LogP contribution is -2.33. The molecule has 0 spiro atoms. The Morgan fingerprint density at radius 2 is 1.84 bits per heavy atom. The van der Waals surface area contributed by atoms with Gasteiger partial charge < -0.3 is 14.4 Å². The van der Waals surface area contributed by atoms with Crippen molar-refractivity contribution in [1.82, 2.24) is 14.7 Å². The van der Waals surface area contributed by atoms with Crippen LogP contribution in [0.15, 0.2) is 47.3 Å². The minimum atomic E-state index is -0.155. The van der Waals surface area contributed by atoms with Gasteiger partial charge in [-0.05, 0) is 36.6 Å². The fourth-order valence-electron chi connectivity index (χ4n) is 4.55. The average molecular weight is 419 g/mol. The fourth-order valence-corrected chi connectivity index (χ4v) is 4.55. The van der Waals surface area contributed by atoms with Crippen molar-refractivity contribution in [1.29, 1.82) is 0 Å². The normalized spacial score (nSPS) is 18.2. The maximum atomic E-state index is 13.3. The smallest absolute Gasteiger partial charge is 0.274 e. The van der Waals surface area contributed by atoms with Crippen molar-refractivity contribution < 1.29 is 14.3 Å². The summed E-state index contributed by atoms with van der Waals surface area (Å²) >= 11 is 0. The Morgan fingerprint density at radius 3 is 2.68 bits per heavy atom. The van der Waals surface area contributed by atoms with Crippen LogP contribution < -0.4 is 15.0 Å². The molecule has 2 aromatic carbocycles. The Morgan fingerprint density at radius 1 is 1.06 bits per heavy atom. The van der Waals surface area contributed by atoms with Gasteiger partial charge in [-0.3, -0.25) is 9.59 Å². The summed E-state index contributed by atoms with van der Waals surface area (Å²) in [6.45, 7) is 2.00. The van der Waals surface area contributed by atoms with E-state index < -0.39 is 0 Å². The molecule has 0 bridgehead atoms. The molecule has 1 atom stereocenters. The highest BCUT2D eigenvalue weighted by atomic mass is 16.5. The molecule has 7 nitrogen and oxygen atoms in total. The number of amides is 1. The number of aryl methyl sites for hydroxylation is 1. The van der Waals surface area contributed by atoms with Crippen LogP contribution >= 0.6 is 0 Å². The maximum Gasteiger partial charge on any atom is 0.274 e. The number of rotatable bonds is 3. The lowest BCUT2D eigenvalue weighted by atomic mass is 10.0. The van der Waals surface area contributed by atoms with E-state index in [2.05, 4.69) is 5.10 Å². The van der Waals surface area contributed by atoms with E-state index in [1.54, 1.807) is 13.1 Å². The third-order valence-electron chi connectivity index (χ3n) is 6.08. The van der Waals surface area contributed by atoms with Gasteiger partial charge in [-0.1, -0.05) is 24.3 Å². The maximum absolute atomic E-state index is 13.3. The van der Waals surface area contributed by atoms with Gasteiger partial charge >= 0.3 is 0 Å². The molecule has 0 radical (unpaired) electrons. The number of hydrogen-bond acceptors (Lipinski definition) is 5. The van der Waals surface area contributed by atoms with Crippen LogP contribution in [0.1, 0.15) is 36.6 Å². The summed E-state index contributed by atoms with van der Waals surface area (Å²) < 4.78 is 12.9. The van der Waals surface area contributed by atoms with Crippen LogP contribution in [-0.2, 0) is 18.3 Å². The fraction of sp³-hybridized carbons (Fsp3) is 0.375. The second kappa shape index (κ2) is 8.06. The SMILES string of the molecule is Cn1nc(CC(=O)N2CCC[C@@H]2c2ccc3c(c2)OCCCO3)c2ccccc2c1=O. The van der Waals surface area contributed by atoms with E-state index in [4.69, 9.17) is 9.47 Å². The highest BCUT2D eigenvalue weighted by Gasteiger charge is 2.31. The molecule has 2 aliphatic rings. The first kappa shape index (κ1) is 19.6. The van der Waals surface area contributed by atoms with Crippen molar-refractivity contribution in [3.8, 4) is 11.5 Å². The first-order valence-electron chi connectivity index (χ1n) is 10.8. The second-order valence-electron chi connectivity index (χ2n) is 8.10. The van der Waals surface area contributed by atoms with Gasteiger partial charge in [-0.25, -0.2) is 4.68 Å². The predicted octanol–water partition coefficient (Wildman–Crippen LogP) is 3.00. The molecule has 0 N–H and O–H groups in total. The Hall–Kier alpha value is -3.35. The number of nitrogens with zero attached hydrogens (tertiary/aromatic N) is 3. The minimum Gasteiger partial charge on any atom is -0.490 e. The molecule has 31 heavy (non-hydrogen) atoms. The summed E-state index contributed by atoms with van der Waals surface area (Å²) in [5.41, 5.74) is 1.54. The number of aromatic nitrogens is 2. The van der Waals surface area contributed by atoms with Crippen molar-refractivity contribution in [2.75, 3.05) is 19.8 Å². The molecular formula is C24H25N3O4. The first-order valence-corrected chi connectivity index (χ1v) is 10.8. The second-order valence-corrected chi connectivity index (χ2v) is 8.10. The van der Waals surface area contributed by atoms with Crippen molar-refractivity contribution in [3.05, 3.63) is 64.1 Å². The molecule has 3 heterocycles. The van der Waals surface area contributed by atoms with E-state index in [0.717, 1.165) is 41.7 Å². The van der Waals surface area contributed by atoms with Crippen LogP contribution in [0.5, 0.6) is 11.5 Å². The van der Waals surface area contributed by atoms with Crippen molar-refractivity contribution in [2.45, 2.75) is 31.7 Å². The summed E-state index contributed by atoms with van der Waals surface area (Å²) in [4.78, 5) is 27.6. The van der Waals surface area contributed by atoms with E-state index in [1.807, 2.05) is 41.3 Å². The molecule has 1 amide bonds. The molecule has 0 unspecified atom stereocenters. The third-order valence-corrected chi connectivity index (χ3v) is 6.08. The van der Waals surface area contributed by atoms with Gasteiger partial charge in [0.05, 0.1) is 36.8 Å². The molecule has 0 saturated carbocycles. The summed E-state index contributed by atoms with van der Waals surface area (Å²) in [5, 5.41) is 5.73. The lowest BCUT2D eigenvalue weighted by Gasteiger charge is -2.26. The molecule has 3 aromatic rings. The van der Waals surface area contributed by atoms with E-state index in [-0.39, 0.29) is 23.9 Å². The van der Waals surface area contributed by atoms with Gasteiger partial charge in [-0.2, -0.15) is 5.10 Å². The number of carbonyl (C=O) groups is 1. The van der Waals surface area contributed by atoms with Crippen LogP contribution in [0.2, 0.25) is 0 Å². The number of fused-ring (bicyclic) bond motifs is 2. The van der Waals surface area contributed by atoms with Gasteiger partial charge in [-0.15, -0.1) is 0 Å². The van der Waals surface area contributed by atoms with Crippen LogP contribution in [0.25, 0.3) is 10.8 Å². The molecule has 5 rings (SSSR count). The van der Waals surface area contributed by atoms with Crippen LogP contribution in [0, 0.1) is 0 Å². The first-order chi connectivity index (χ1) is 15.1. The highest BCUT2D eigenvalue weighted by molar-refractivity contribution is 5.88. The number of hydrogen-bond donors (Lipinski definition) is 0. The molecule has 1 fully saturated rings. The Bertz CT molecular complexity index is 1200. The van der Waals surface area contributed by atoms with Gasteiger partial charge in [0.15, 0.2) is 11.5 Å². The van der Waals surface area contributed by atoms with Crippen LogP contribution in [0.3, 0.4) is 0 Å². The topological polar surface area (TPSA) is 73.7 Å². The quantitative estimate of drug-likeness (QED) is 0.653. The number of likely N-dealkylation sites (tertiary alicyclic amines) is 1. The third kappa shape index (κ3) is 3.65. The number of ether oxygens (including phenoxy) is 2. The molecule has 7 heteroatoms. The van der Waals surface area contributed by atoms with Gasteiger partial charge in [0.1, 0.15) is 0 Å². The highest BCUT2D eigenvalue weighted by Crippen LogP contribution is 2.38. The summed E-state index contributed by atoms with van der Waals surface area (Å²) in [6, 6.07) is 13.3. The number of carbonyl (C=O) groups excluding carboxylic acids is 1. The van der Waals surface area contributed by atoms with Crippen molar-refractivity contribution in [2.24, 2.45) is 7.05 Å². The Kier molecular flexibility index (Phi) is 5.10. The summed E-state index contributed by atoms with van der Waals surface area (Å²) in [7, 11) is 1.62. The molecule has 160 valence electrons. The van der Waals surface area contributed by atoms with E-state index in [0.29, 0.717) is 30.8 Å². The molecular weight excluding hydrogens is 394 g/mol. The lowest BCUT2D eigenvalue weighted by molar-refractivity contribution is -0.131. The zero-order valence-corrected chi connectivity index (χ0v) is 17.5. The van der Waals surface area contributed by atoms with Gasteiger partial charge in [0.2, 0.25) is 5.91 Å². The summed E-state index contributed by atoms with van der Waals surface area (Å²) in [5.74, 6) is 1.53. The molecule has 0 aliphatic carbocycles. The molecule has 2 aliphatic heterocycles. The minimum absolute atomic E-state index is 0.00319. The van der Waals surface area contributed by atoms with E-state index in [9.17, 15) is 9.59 Å². The van der Waals surface area contributed by atoms with Gasteiger partial charge in [0.25, 0.3) is 5.56 Å². The largest absolute Gasteiger partial charge is 0.490 e. The molecule has 1 aromatic heterocycles. The Balaban J connectivity index is 1.43. The standard InChI is InChI=1S/C24H25N3O4/c1-26-24(29)18-7-3-2-6-17(18)19(25-26)15-23(28)27-11-4-8-20(27)16-9-10-21-22(14-16)31-13-5-12-30-21/h2-3,6-7,9-10,14,20H,4-5,8,11-13,15H2,1H3/t20-/m1/s1. The van der Waals surface area contributed by atoms with Crippen molar-refractivity contribution in [3.63, 3.8) is 0 Å².